The Hall–Kier alpha value is -2.15. The first kappa shape index (κ1) is 14.9. The highest BCUT2D eigenvalue weighted by molar-refractivity contribution is 7.91. The lowest BCUT2D eigenvalue weighted by Crippen LogP contribution is -2.06. The fraction of sp³-hybridized carbons (Fsp3) is 0.167. The molecule has 0 aliphatic rings. The number of methoxy groups -OCH3 is 1. The largest absolute Gasteiger partial charge is 0.478 e. The molecule has 19 heavy (non-hydrogen) atoms. The lowest BCUT2D eigenvalue weighted by Gasteiger charge is -2.01. The van der Waals surface area contributed by atoms with E-state index in [1.165, 1.54) is 37.5 Å². The van der Waals surface area contributed by atoms with Crippen molar-refractivity contribution in [2.24, 2.45) is 0 Å². The van der Waals surface area contributed by atoms with Gasteiger partial charge in [0.2, 0.25) is 0 Å². The van der Waals surface area contributed by atoms with Crippen molar-refractivity contribution in [1.82, 2.24) is 0 Å². The molecule has 0 saturated carbocycles. The number of carbonyl (C=O) groups is 2. The van der Waals surface area contributed by atoms with Gasteiger partial charge in [-0.25, -0.2) is 18.0 Å². The van der Waals surface area contributed by atoms with E-state index in [-0.39, 0.29) is 16.2 Å². The second-order valence-electron chi connectivity index (χ2n) is 3.54. The van der Waals surface area contributed by atoms with E-state index in [9.17, 15) is 18.0 Å². The lowest BCUT2D eigenvalue weighted by atomic mass is 10.2. The number of sulfone groups is 1. The summed E-state index contributed by atoms with van der Waals surface area (Å²) in [6, 6.07) is 4.84. The monoisotopic (exact) mass is 284 g/mol. The minimum atomic E-state index is -3.59. The predicted octanol–water partition coefficient (Wildman–Crippen LogP) is 0.888. The van der Waals surface area contributed by atoms with Crippen LogP contribution in [-0.2, 0) is 19.4 Å². The summed E-state index contributed by atoms with van der Waals surface area (Å²) in [6.07, 6.45) is 2.19. The number of rotatable bonds is 5. The average molecular weight is 284 g/mol. The van der Waals surface area contributed by atoms with Gasteiger partial charge >= 0.3 is 11.9 Å². The average Bonchev–Trinajstić information content (AvgIpc) is 2.38. The maximum Gasteiger partial charge on any atom is 0.335 e. The summed E-state index contributed by atoms with van der Waals surface area (Å²) >= 11 is 0. The van der Waals surface area contributed by atoms with Crippen LogP contribution >= 0.6 is 0 Å². The smallest absolute Gasteiger partial charge is 0.335 e. The zero-order valence-corrected chi connectivity index (χ0v) is 10.9. The highest BCUT2D eigenvalue weighted by Gasteiger charge is 2.13. The molecule has 1 N–H and O–H groups in total. The molecule has 0 atom stereocenters. The van der Waals surface area contributed by atoms with Crippen LogP contribution in [0.4, 0.5) is 0 Å². The standard InChI is InChI=1S/C12H12O6S/c1-18-11(13)3-2-8-19(16,17)10-6-4-9(5-7-10)12(14)15/h2-7H,8H2,1H3,(H,14,15)/b3-2+. The van der Waals surface area contributed by atoms with E-state index in [2.05, 4.69) is 4.74 Å². The minimum absolute atomic E-state index is 0.00375. The molecule has 0 aliphatic carbocycles. The number of aromatic carboxylic acids is 1. The summed E-state index contributed by atoms with van der Waals surface area (Å²) in [5.74, 6) is -2.14. The van der Waals surface area contributed by atoms with Crippen molar-refractivity contribution in [3.05, 3.63) is 42.0 Å². The Bertz CT molecular complexity index is 598. The van der Waals surface area contributed by atoms with Crippen LogP contribution < -0.4 is 0 Å². The fourth-order valence-electron chi connectivity index (χ4n) is 1.24. The van der Waals surface area contributed by atoms with Gasteiger partial charge in [-0.2, -0.15) is 0 Å². The van der Waals surface area contributed by atoms with Gasteiger partial charge in [-0.05, 0) is 24.3 Å². The molecule has 102 valence electrons. The number of esters is 1. The third kappa shape index (κ3) is 4.22. The molecule has 0 aromatic heterocycles. The van der Waals surface area contributed by atoms with Gasteiger partial charge in [0.15, 0.2) is 9.84 Å². The van der Waals surface area contributed by atoms with E-state index in [1.54, 1.807) is 0 Å². The SMILES string of the molecule is COC(=O)/C=C/CS(=O)(=O)c1ccc(C(=O)O)cc1. The van der Waals surface area contributed by atoms with Crippen LogP contribution in [0.1, 0.15) is 10.4 Å². The van der Waals surface area contributed by atoms with Crippen LogP contribution in [0.3, 0.4) is 0 Å². The minimum Gasteiger partial charge on any atom is -0.478 e. The third-order valence-corrected chi connectivity index (χ3v) is 3.85. The number of carbonyl (C=O) groups excluding carboxylic acids is 1. The van der Waals surface area contributed by atoms with Crippen molar-refractivity contribution in [2.45, 2.75) is 4.90 Å². The Morgan fingerprint density at radius 1 is 1.26 bits per heavy atom. The van der Waals surface area contributed by atoms with Crippen LogP contribution in [0.5, 0.6) is 0 Å². The first-order chi connectivity index (χ1) is 8.86. The Morgan fingerprint density at radius 3 is 2.32 bits per heavy atom. The molecule has 0 unspecified atom stereocenters. The lowest BCUT2D eigenvalue weighted by molar-refractivity contribution is -0.134. The predicted molar refractivity (Wildman–Crippen MR) is 66.6 cm³/mol. The van der Waals surface area contributed by atoms with Gasteiger partial charge in [0.05, 0.1) is 23.3 Å². The van der Waals surface area contributed by atoms with Crippen molar-refractivity contribution in [3.63, 3.8) is 0 Å². The van der Waals surface area contributed by atoms with Gasteiger partial charge in [0, 0.05) is 6.08 Å². The van der Waals surface area contributed by atoms with E-state index >= 15 is 0 Å². The molecule has 6 nitrogen and oxygen atoms in total. The number of carboxylic acid groups (broad SMARTS) is 1. The summed E-state index contributed by atoms with van der Waals surface area (Å²) in [5.41, 5.74) is 0.00375. The van der Waals surface area contributed by atoms with E-state index < -0.39 is 21.8 Å². The van der Waals surface area contributed by atoms with Gasteiger partial charge in [0.1, 0.15) is 0 Å². The van der Waals surface area contributed by atoms with Gasteiger partial charge in [-0.15, -0.1) is 0 Å². The molecule has 0 fully saturated rings. The number of benzene rings is 1. The van der Waals surface area contributed by atoms with E-state index in [1.807, 2.05) is 0 Å². The molecule has 0 spiro atoms. The maximum absolute atomic E-state index is 11.8. The van der Waals surface area contributed by atoms with Crippen LogP contribution in [0, 0.1) is 0 Å². The van der Waals surface area contributed by atoms with Crippen molar-refractivity contribution in [3.8, 4) is 0 Å². The summed E-state index contributed by atoms with van der Waals surface area (Å²) in [4.78, 5) is 21.4. The molecule has 1 rings (SSSR count). The number of hydrogen-bond acceptors (Lipinski definition) is 5. The van der Waals surface area contributed by atoms with Gasteiger partial charge < -0.3 is 9.84 Å². The maximum atomic E-state index is 11.8. The molecular weight excluding hydrogens is 272 g/mol. The van der Waals surface area contributed by atoms with Crippen molar-refractivity contribution < 1.29 is 27.9 Å². The zero-order chi connectivity index (χ0) is 14.5. The Balaban J connectivity index is 2.86. The van der Waals surface area contributed by atoms with Crippen molar-refractivity contribution in [1.29, 1.82) is 0 Å². The van der Waals surface area contributed by atoms with Crippen molar-refractivity contribution >= 4 is 21.8 Å². The Kier molecular flexibility index (Phi) is 4.82. The molecule has 0 bridgehead atoms. The number of ether oxygens (including phenoxy) is 1. The molecule has 7 heteroatoms. The fourth-order valence-corrected chi connectivity index (χ4v) is 2.33. The number of hydrogen-bond donors (Lipinski definition) is 1. The Labute approximate surface area is 110 Å². The molecule has 0 radical (unpaired) electrons. The summed E-state index contributed by atoms with van der Waals surface area (Å²) in [6.45, 7) is 0. The molecule has 0 saturated heterocycles. The summed E-state index contributed by atoms with van der Waals surface area (Å²) in [5, 5.41) is 8.70. The second-order valence-corrected chi connectivity index (χ2v) is 5.57. The zero-order valence-electron chi connectivity index (χ0n) is 10.1. The Morgan fingerprint density at radius 2 is 1.84 bits per heavy atom. The van der Waals surface area contributed by atoms with E-state index in [0.717, 1.165) is 6.08 Å². The highest BCUT2D eigenvalue weighted by atomic mass is 32.2. The van der Waals surface area contributed by atoms with Gasteiger partial charge in [-0.1, -0.05) is 6.08 Å². The van der Waals surface area contributed by atoms with Crippen LogP contribution in [0.2, 0.25) is 0 Å². The highest BCUT2D eigenvalue weighted by Crippen LogP contribution is 2.12. The third-order valence-electron chi connectivity index (χ3n) is 2.23. The number of carboxylic acids is 1. The molecule has 1 aromatic carbocycles. The normalized spacial score (nSPS) is 11.4. The topological polar surface area (TPSA) is 97.7 Å². The molecule has 0 heterocycles. The van der Waals surface area contributed by atoms with Crippen molar-refractivity contribution in [2.75, 3.05) is 12.9 Å². The molecule has 0 aliphatic heterocycles. The molecular formula is C12H12O6S. The van der Waals surface area contributed by atoms with E-state index in [4.69, 9.17) is 5.11 Å². The molecule has 0 amide bonds. The van der Waals surface area contributed by atoms with Crippen LogP contribution in [-0.4, -0.2) is 38.3 Å². The summed E-state index contributed by atoms with van der Waals surface area (Å²) in [7, 11) is -2.41. The first-order valence-corrected chi connectivity index (χ1v) is 6.82. The van der Waals surface area contributed by atoms with Gasteiger partial charge in [-0.3, -0.25) is 0 Å². The second kappa shape index (κ2) is 6.14. The van der Waals surface area contributed by atoms with Crippen LogP contribution in [0.25, 0.3) is 0 Å². The molecule has 1 aromatic rings. The van der Waals surface area contributed by atoms with Gasteiger partial charge in [0.25, 0.3) is 0 Å². The summed E-state index contributed by atoms with van der Waals surface area (Å²) < 4.78 is 28.0. The van der Waals surface area contributed by atoms with E-state index in [0.29, 0.717) is 0 Å². The first-order valence-electron chi connectivity index (χ1n) is 5.17. The quantitative estimate of drug-likeness (QED) is 0.637. The van der Waals surface area contributed by atoms with Crippen LogP contribution in [0.15, 0.2) is 41.3 Å².